The van der Waals surface area contributed by atoms with Crippen molar-refractivity contribution >= 4 is 39.2 Å². The lowest BCUT2D eigenvalue weighted by Crippen LogP contribution is -2.07. The third kappa shape index (κ3) is 11.1. The summed E-state index contributed by atoms with van der Waals surface area (Å²) in [6, 6.07) is -1.55. The molecule has 0 unspecified atom stereocenters. The van der Waals surface area contributed by atoms with Crippen molar-refractivity contribution in [2.45, 2.75) is 32.7 Å². The number of hydrogen-bond acceptors (Lipinski definition) is 0. The molecule has 0 saturated carbocycles. The first-order valence-corrected chi connectivity index (χ1v) is 9.06. The van der Waals surface area contributed by atoms with E-state index in [1.54, 1.807) is 0 Å². The van der Waals surface area contributed by atoms with E-state index in [9.17, 15) is 0 Å². The molecular weight excluding hydrogens is 219 g/mol. The zero-order valence-electron chi connectivity index (χ0n) is 6.91. The molecule has 4 heteroatoms. The summed E-state index contributed by atoms with van der Waals surface area (Å²) >= 11 is 17.1. The zero-order chi connectivity index (χ0) is 8.91. The van der Waals surface area contributed by atoms with Gasteiger partial charge in [-0.1, -0.05) is 26.7 Å². The molecule has 1 radical (unpaired) electrons. The van der Waals surface area contributed by atoms with Crippen LogP contribution in [0.1, 0.15) is 26.7 Å². The third-order valence-electron chi connectivity index (χ3n) is 1.30. The minimum Gasteiger partial charge on any atom is -0.126 e. The molecule has 0 aliphatic heterocycles. The van der Waals surface area contributed by atoms with E-state index in [1.165, 1.54) is 0 Å². The largest absolute Gasteiger partial charge is 0.341 e. The topological polar surface area (TPSA) is 0 Å². The Morgan fingerprint density at radius 3 is 2.18 bits per heavy atom. The van der Waals surface area contributed by atoms with Crippen LogP contribution < -0.4 is 0 Å². The van der Waals surface area contributed by atoms with Gasteiger partial charge in [0.2, 0.25) is 0 Å². The first kappa shape index (κ1) is 12.1. The molecular formula is C7H14Cl3Si. The molecule has 0 N–H and O–H groups in total. The molecule has 0 bridgehead atoms. The van der Waals surface area contributed by atoms with Gasteiger partial charge in [-0.05, 0) is 18.4 Å². The van der Waals surface area contributed by atoms with Crippen molar-refractivity contribution in [3.05, 3.63) is 6.42 Å². The average molecular weight is 233 g/mol. The van der Waals surface area contributed by atoms with Gasteiger partial charge in [-0.3, -0.25) is 0 Å². The van der Waals surface area contributed by atoms with E-state index < -0.39 is 6.00 Å². The van der Waals surface area contributed by atoms with Gasteiger partial charge in [0, 0.05) is 0 Å². The van der Waals surface area contributed by atoms with E-state index in [4.69, 9.17) is 33.2 Å². The molecule has 0 fully saturated rings. The van der Waals surface area contributed by atoms with Crippen LogP contribution >= 0.6 is 33.2 Å². The molecule has 0 spiro atoms. The van der Waals surface area contributed by atoms with Gasteiger partial charge in [0.25, 0.3) is 0 Å². The van der Waals surface area contributed by atoms with Crippen molar-refractivity contribution in [2.75, 3.05) is 0 Å². The Morgan fingerprint density at radius 1 is 1.27 bits per heavy atom. The first-order valence-electron chi connectivity index (χ1n) is 3.82. The summed E-state index contributed by atoms with van der Waals surface area (Å²) in [4.78, 5) is 0. The standard InChI is InChI=1S/C7H14Cl3Si/c1-7(2)5-3-4-6-11(8,9)10/h5,7H,3-4,6H2,1-2H3. The number of hydrogen-bond donors (Lipinski definition) is 0. The van der Waals surface area contributed by atoms with Crippen molar-refractivity contribution in [2.24, 2.45) is 5.92 Å². The van der Waals surface area contributed by atoms with Crippen molar-refractivity contribution in [3.63, 3.8) is 0 Å². The Morgan fingerprint density at radius 2 is 1.82 bits per heavy atom. The number of halogens is 3. The predicted molar refractivity (Wildman–Crippen MR) is 56.5 cm³/mol. The Labute approximate surface area is 84.3 Å². The van der Waals surface area contributed by atoms with Crippen LogP contribution in [0.2, 0.25) is 6.04 Å². The molecule has 67 valence electrons. The fourth-order valence-electron chi connectivity index (χ4n) is 0.754. The van der Waals surface area contributed by atoms with Gasteiger partial charge in [-0.2, -0.15) is 0 Å². The van der Waals surface area contributed by atoms with E-state index in [0.717, 1.165) is 18.9 Å². The van der Waals surface area contributed by atoms with Crippen LogP contribution in [0.3, 0.4) is 0 Å². The molecule has 0 aromatic carbocycles. The van der Waals surface area contributed by atoms with Gasteiger partial charge in [-0.25, -0.2) is 0 Å². The highest BCUT2D eigenvalue weighted by atomic mass is 35.8. The second-order valence-electron chi connectivity index (χ2n) is 2.99. The van der Waals surface area contributed by atoms with Crippen molar-refractivity contribution < 1.29 is 0 Å². The van der Waals surface area contributed by atoms with Gasteiger partial charge in [0.1, 0.15) is 0 Å². The van der Waals surface area contributed by atoms with Gasteiger partial charge in [0.05, 0.1) is 0 Å². The summed E-state index contributed by atoms with van der Waals surface area (Å²) in [5, 5.41) is 0. The van der Waals surface area contributed by atoms with E-state index in [1.807, 2.05) is 0 Å². The highest BCUT2D eigenvalue weighted by molar-refractivity contribution is 7.64. The Bertz CT molecular complexity index is 98.3. The van der Waals surface area contributed by atoms with Gasteiger partial charge in [-0.15, -0.1) is 33.2 Å². The molecule has 0 aromatic heterocycles. The summed E-state index contributed by atoms with van der Waals surface area (Å²) in [5.74, 6) is 0.645. The second kappa shape index (κ2) is 5.68. The van der Waals surface area contributed by atoms with E-state index >= 15 is 0 Å². The van der Waals surface area contributed by atoms with Crippen molar-refractivity contribution in [3.8, 4) is 0 Å². The Hall–Kier alpha value is 1.09. The smallest absolute Gasteiger partial charge is 0.126 e. The van der Waals surface area contributed by atoms with Gasteiger partial charge >= 0.3 is 6.00 Å². The van der Waals surface area contributed by atoms with Crippen LogP contribution in [0.25, 0.3) is 0 Å². The molecule has 0 aliphatic carbocycles. The quantitative estimate of drug-likeness (QED) is 0.377. The second-order valence-corrected chi connectivity index (χ2v) is 12.3. The minimum atomic E-state index is -2.33. The van der Waals surface area contributed by atoms with E-state index in [0.29, 0.717) is 5.92 Å². The molecule has 0 nitrogen and oxygen atoms in total. The average Bonchev–Trinajstić information content (AvgIpc) is 1.78. The predicted octanol–water partition coefficient (Wildman–Crippen LogP) is 4.28. The van der Waals surface area contributed by atoms with Crippen LogP contribution in [0.4, 0.5) is 0 Å². The maximum absolute atomic E-state index is 5.70. The maximum atomic E-state index is 5.70. The molecule has 0 saturated heterocycles. The van der Waals surface area contributed by atoms with Crippen LogP contribution in [-0.2, 0) is 0 Å². The molecule has 0 rings (SSSR count). The molecule has 0 atom stereocenters. The van der Waals surface area contributed by atoms with E-state index in [-0.39, 0.29) is 0 Å². The van der Waals surface area contributed by atoms with Crippen molar-refractivity contribution in [1.82, 2.24) is 0 Å². The van der Waals surface area contributed by atoms with Crippen LogP contribution in [0.15, 0.2) is 0 Å². The Balaban J connectivity index is 3.15. The normalized spacial score (nSPS) is 12.5. The zero-order valence-corrected chi connectivity index (χ0v) is 10.2. The lowest BCUT2D eigenvalue weighted by Gasteiger charge is -2.07. The molecule has 0 aliphatic rings. The highest BCUT2D eigenvalue weighted by Crippen LogP contribution is 2.27. The monoisotopic (exact) mass is 231 g/mol. The van der Waals surface area contributed by atoms with E-state index in [2.05, 4.69) is 20.3 Å². The first-order chi connectivity index (χ1) is 4.92. The van der Waals surface area contributed by atoms with Gasteiger partial charge in [0.15, 0.2) is 0 Å². The lowest BCUT2D eigenvalue weighted by atomic mass is 10.1. The summed E-state index contributed by atoms with van der Waals surface area (Å²) in [5.41, 5.74) is 0. The number of rotatable bonds is 5. The van der Waals surface area contributed by atoms with Gasteiger partial charge < -0.3 is 0 Å². The molecule has 11 heavy (non-hydrogen) atoms. The third-order valence-corrected chi connectivity index (χ3v) is 3.92. The molecule has 0 heterocycles. The van der Waals surface area contributed by atoms with Crippen molar-refractivity contribution in [1.29, 1.82) is 0 Å². The van der Waals surface area contributed by atoms with Crippen LogP contribution in [0.5, 0.6) is 0 Å². The fourth-order valence-corrected chi connectivity index (χ4v) is 2.56. The Kier molecular flexibility index (Phi) is 6.25. The van der Waals surface area contributed by atoms with Crippen LogP contribution in [-0.4, -0.2) is 6.00 Å². The number of unbranched alkanes of at least 4 members (excludes halogenated alkanes) is 1. The molecule has 0 amide bonds. The lowest BCUT2D eigenvalue weighted by molar-refractivity contribution is 0.692. The molecule has 0 aromatic rings. The maximum Gasteiger partial charge on any atom is 0.341 e. The highest BCUT2D eigenvalue weighted by Gasteiger charge is 2.23. The van der Waals surface area contributed by atoms with Crippen LogP contribution in [0, 0.1) is 12.3 Å². The minimum absolute atomic E-state index is 0.645. The summed E-state index contributed by atoms with van der Waals surface area (Å²) < 4.78 is 0. The summed E-state index contributed by atoms with van der Waals surface area (Å²) in [6.07, 6.45) is 4.34. The fraction of sp³-hybridized carbons (Fsp3) is 0.857. The summed E-state index contributed by atoms with van der Waals surface area (Å²) in [7, 11) is 0. The SMILES string of the molecule is CC(C)[CH]CCC[Si](Cl)(Cl)Cl. The summed E-state index contributed by atoms with van der Waals surface area (Å²) in [6.45, 7) is 4.32.